The Labute approximate surface area is 171 Å². The Morgan fingerprint density at radius 3 is 2.17 bits per heavy atom. The van der Waals surface area contributed by atoms with Gasteiger partial charge in [0.2, 0.25) is 0 Å². The number of anilines is 3. The summed E-state index contributed by atoms with van der Waals surface area (Å²) in [5.41, 5.74) is 4.20. The van der Waals surface area contributed by atoms with E-state index in [-0.39, 0.29) is 12.0 Å². The van der Waals surface area contributed by atoms with Crippen LogP contribution in [-0.4, -0.2) is 22.0 Å². The number of carbonyl (C=O) groups is 1. The summed E-state index contributed by atoms with van der Waals surface area (Å²) in [4.78, 5) is 21.4. The second-order valence-electron chi connectivity index (χ2n) is 7.33. The van der Waals surface area contributed by atoms with Gasteiger partial charge >= 0.3 is 0 Å². The molecule has 0 spiro atoms. The number of rotatable bonds is 6. The quantitative estimate of drug-likeness (QED) is 0.606. The molecule has 6 heteroatoms. The van der Waals surface area contributed by atoms with Crippen LogP contribution in [0.1, 0.15) is 41.3 Å². The van der Waals surface area contributed by atoms with Gasteiger partial charge in [0, 0.05) is 17.4 Å². The lowest BCUT2D eigenvalue weighted by atomic mass is 10.1. The average Bonchev–Trinajstić information content (AvgIpc) is 2.61. The maximum atomic E-state index is 12.7. The molecule has 1 aromatic heterocycles. The van der Waals surface area contributed by atoms with E-state index in [1.165, 1.54) is 0 Å². The molecule has 0 saturated carbocycles. The van der Waals surface area contributed by atoms with E-state index in [9.17, 15) is 4.79 Å². The van der Waals surface area contributed by atoms with E-state index in [4.69, 9.17) is 4.74 Å². The van der Waals surface area contributed by atoms with Crippen molar-refractivity contribution in [1.29, 1.82) is 0 Å². The van der Waals surface area contributed by atoms with Gasteiger partial charge in [0.15, 0.2) is 0 Å². The number of carbonyl (C=O) groups excluding carboxylic acids is 1. The number of amides is 1. The van der Waals surface area contributed by atoms with Crippen LogP contribution in [0.2, 0.25) is 0 Å². The first-order valence-corrected chi connectivity index (χ1v) is 9.57. The first-order chi connectivity index (χ1) is 13.8. The van der Waals surface area contributed by atoms with Crippen molar-refractivity contribution < 1.29 is 9.53 Å². The van der Waals surface area contributed by atoms with Crippen molar-refractivity contribution in [1.82, 2.24) is 9.97 Å². The third kappa shape index (κ3) is 5.78. The van der Waals surface area contributed by atoms with Crippen molar-refractivity contribution >= 4 is 23.1 Å². The minimum Gasteiger partial charge on any atom is -0.491 e. The molecule has 3 aromatic rings. The highest BCUT2D eigenvalue weighted by Crippen LogP contribution is 2.20. The number of hydrogen-bond donors (Lipinski definition) is 2. The molecule has 0 aliphatic heterocycles. The minimum absolute atomic E-state index is 0.0996. The summed E-state index contributed by atoms with van der Waals surface area (Å²) in [5, 5.41) is 6.13. The monoisotopic (exact) mass is 390 g/mol. The van der Waals surface area contributed by atoms with Gasteiger partial charge in [0.1, 0.15) is 23.1 Å². The number of aryl methyl sites for hydroxylation is 3. The average molecular weight is 390 g/mol. The molecule has 0 atom stereocenters. The van der Waals surface area contributed by atoms with Gasteiger partial charge in [-0.3, -0.25) is 4.79 Å². The molecule has 1 amide bonds. The lowest BCUT2D eigenvalue weighted by Crippen LogP contribution is -2.15. The zero-order valence-electron chi connectivity index (χ0n) is 17.4. The van der Waals surface area contributed by atoms with Gasteiger partial charge in [-0.15, -0.1) is 0 Å². The second kappa shape index (κ2) is 8.73. The Hall–Kier alpha value is -3.41. The third-order valence-electron chi connectivity index (χ3n) is 4.05. The minimum atomic E-state index is -0.295. The van der Waals surface area contributed by atoms with Gasteiger partial charge in [-0.25, -0.2) is 9.97 Å². The van der Waals surface area contributed by atoms with E-state index < -0.39 is 0 Å². The molecule has 0 fully saturated rings. The zero-order chi connectivity index (χ0) is 21.0. The number of nitrogens with zero attached hydrogens (tertiary/aromatic N) is 2. The number of benzene rings is 2. The van der Waals surface area contributed by atoms with Gasteiger partial charge < -0.3 is 15.4 Å². The van der Waals surface area contributed by atoms with E-state index in [0.717, 1.165) is 22.6 Å². The summed E-state index contributed by atoms with van der Waals surface area (Å²) < 4.78 is 5.62. The Bertz CT molecular complexity index is 994. The van der Waals surface area contributed by atoms with Crippen molar-refractivity contribution in [3.8, 4) is 5.75 Å². The molecule has 2 N–H and O–H groups in total. The molecule has 3 rings (SSSR count). The molecule has 0 radical (unpaired) electrons. The van der Waals surface area contributed by atoms with Gasteiger partial charge in [-0.1, -0.05) is 6.07 Å². The van der Waals surface area contributed by atoms with Crippen LogP contribution in [0.15, 0.2) is 48.5 Å². The van der Waals surface area contributed by atoms with Crippen LogP contribution in [0.3, 0.4) is 0 Å². The summed E-state index contributed by atoms with van der Waals surface area (Å²) in [6.07, 6.45) is 0.0996. The van der Waals surface area contributed by atoms with Gasteiger partial charge in [0.25, 0.3) is 5.91 Å². The lowest BCUT2D eigenvalue weighted by molar-refractivity contribution is 0.102. The maximum absolute atomic E-state index is 12.7. The first kappa shape index (κ1) is 20.3. The highest BCUT2D eigenvalue weighted by atomic mass is 16.5. The second-order valence-corrected chi connectivity index (χ2v) is 7.33. The molecule has 29 heavy (non-hydrogen) atoms. The van der Waals surface area contributed by atoms with Crippen LogP contribution in [0.4, 0.5) is 17.2 Å². The number of ether oxygens (including phenoxy) is 1. The van der Waals surface area contributed by atoms with Crippen LogP contribution >= 0.6 is 0 Å². The summed E-state index contributed by atoms with van der Waals surface area (Å²) in [5.74, 6) is 1.56. The Kier molecular flexibility index (Phi) is 6.12. The lowest BCUT2D eigenvalue weighted by Gasteiger charge is -2.12. The van der Waals surface area contributed by atoms with Crippen LogP contribution in [-0.2, 0) is 0 Å². The Morgan fingerprint density at radius 1 is 0.897 bits per heavy atom. The molecular formula is C23H26N4O2. The highest BCUT2D eigenvalue weighted by Gasteiger charge is 2.12. The van der Waals surface area contributed by atoms with Gasteiger partial charge in [-0.05, 0) is 82.1 Å². The molecule has 2 aromatic carbocycles. The predicted molar refractivity (Wildman–Crippen MR) is 116 cm³/mol. The highest BCUT2D eigenvalue weighted by molar-refractivity contribution is 6.03. The predicted octanol–water partition coefficient (Wildman–Crippen LogP) is 5.18. The summed E-state index contributed by atoms with van der Waals surface area (Å²) in [6.45, 7) is 9.79. The van der Waals surface area contributed by atoms with E-state index in [1.54, 1.807) is 25.1 Å². The molecule has 0 aliphatic carbocycles. The molecule has 0 aliphatic rings. The molecular weight excluding hydrogens is 364 g/mol. The molecule has 0 saturated heterocycles. The van der Waals surface area contributed by atoms with E-state index in [2.05, 4.69) is 26.7 Å². The fourth-order valence-corrected chi connectivity index (χ4v) is 3.03. The fourth-order valence-electron chi connectivity index (χ4n) is 3.03. The van der Waals surface area contributed by atoms with E-state index >= 15 is 0 Å². The summed E-state index contributed by atoms with van der Waals surface area (Å²) >= 11 is 0. The number of hydrogen-bond acceptors (Lipinski definition) is 5. The smallest absolute Gasteiger partial charge is 0.274 e. The number of nitrogens with one attached hydrogen (secondary N) is 2. The standard InChI is InChI=1S/C23H26N4O2/c1-14(2)29-20-8-6-18(7-9-20)27-23(28)21-13-22(25-17(5)24-21)26-19-11-15(3)10-16(4)12-19/h6-14H,1-5H3,(H,27,28)(H,24,25,26). The van der Waals surface area contributed by atoms with E-state index in [0.29, 0.717) is 23.0 Å². The third-order valence-corrected chi connectivity index (χ3v) is 4.05. The summed E-state index contributed by atoms with van der Waals surface area (Å²) in [6, 6.07) is 15.1. The van der Waals surface area contributed by atoms with E-state index in [1.807, 2.05) is 52.0 Å². The van der Waals surface area contributed by atoms with Crippen LogP contribution < -0.4 is 15.4 Å². The largest absolute Gasteiger partial charge is 0.491 e. The van der Waals surface area contributed by atoms with Crippen molar-refractivity contribution in [3.05, 3.63) is 71.2 Å². The fraction of sp³-hybridized carbons (Fsp3) is 0.261. The van der Waals surface area contributed by atoms with Crippen molar-refractivity contribution in [2.45, 2.75) is 40.7 Å². The Morgan fingerprint density at radius 2 is 1.55 bits per heavy atom. The Balaban J connectivity index is 1.75. The molecule has 0 unspecified atom stereocenters. The van der Waals surface area contributed by atoms with Crippen LogP contribution in [0, 0.1) is 20.8 Å². The van der Waals surface area contributed by atoms with Crippen molar-refractivity contribution in [3.63, 3.8) is 0 Å². The SMILES string of the molecule is Cc1cc(C)cc(Nc2cc(C(=O)Nc3ccc(OC(C)C)cc3)nc(C)n2)c1. The molecule has 150 valence electrons. The van der Waals surface area contributed by atoms with Crippen LogP contribution in [0.5, 0.6) is 5.75 Å². The molecule has 6 nitrogen and oxygen atoms in total. The molecule has 1 heterocycles. The number of aromatic nitrogens is 2. The van der Waals surface area contributed by atoms with Crippen LogP contribution in [0.25, 0.3) is 0 Å². The summed E-state index contributed by atoms with van der Waals surface area (Å²) in [7, 11) is 0. The molecule has 0 bridgehead atoms. The topological polar surface area (TPSA) is 76.1 Å². The van der Waals surface area contributed by atoms with Crippen molar-refractivity contribution in [2.75, 3.05) is 10.6 Å². The van der Waals surface area contributed by atoms with Crippen molar-refractivity contribution in [2.24, 2.45) is 0 Å². The van der Waals surface area contributed by atoms with Gasteiger partial charge in [0.05, 0.1) is 6.10 Å². The normalized spacial score (nSPS) is 10.7. The first-order valence-electron chi connectivity index (χ1n) is 9.57. The zero-order valence-corrected chi connectivity index (χ0v) is 17.4. The maximum Gasteiger partial charge on any atom is 0.274 e. The van der Waals surface area contributed by atoms with Gasteiger partial charge in [-0.2, -0.15) is 0 Å².